The largest absolute Gasteiger partial charge is 0.368 e. The van der Waals surface area contributed by atoms with Gasteiger partial charge in [0, 0.05) is 29.9 Å². The molecular weight excluding hydrogens is 318 g/mol. The maximum atomic E-state index is 4.63. The highest BCUT2D eigenvalue weighted by Gasteiger charge is 2.14. The van der Waals surface area contributed by atoms with E-state index in [1.54, 1.807) is 17.5 Å². The van der Waals surface area contributed by atoms with Crippen LogP contribution in [0.5, 0.6) is 0 Å². The van der Waals surface area contributed by atoms with Crippen molar-refractivity contribution in [1.82, 2.24) is 19.7 Å². The summed E-state index contributed by atoms with van der Waals surface area (Å²) in [5, 5.41) is 10.9. The molecule has 3 aromatic heterocycles. The zero-order chi connectivity index (χ0) is 16.4. The number of aryl methyl sites for hydroxylation is 1. The van der Waals surface area contributed by atoms with Crippen LogP contribution in [0, 0.1) is 6.92 Å². The van der Waals surface area contributed by atoms with Gasteiger partial charge in [0.05, 0.1) is 11.9 Å². The predicted octanol–water partition coefficient (Wildman–Crippen LogP) is 3.98. The van der Waals surface area contributed by atoms with E-state index in [0.29, 0.717) is 0 Å². The van der Waals surface area contributed by atoms with Crippen LogP contribution in [0.3, 0.4) is 0 Å². The van der Waals surface area contributed by atoms with Crippen LogP contribution in [-0.4, -0.2) is 26.3 Å². The first-order chi connectivity index (χ1) is 11.8. The first kappa shape index (κ1) is 14.8. The molecule has 0 atom stereocenters. The van der Waals surface area contributed by atoms with Gasteiger partial charge in [-0.25, -0.2) is 9.97 Å². The van der Waals surface area contributed by atoms with Crippen molar-refractivity contribution in [3.8, 4) is 11.1 Å². The number of nitrogens with one attached hydrogen (secondary N) is 1. The third kappa shape index (κ3) is 2.88. The molecule has 0 aliphatic rings. The van der Waals surface area contributed by atoms with Crippen LogP contribution in [0.25, 0.3) is 21.3 Å². The lowest BCUT2D eigenvalue weighted by molar-refractivity contribution is 0.637. The van der Waals surface area contributed by atoms with E-state index < -0.39 is 0 Å². The van der Waals surface area contributed by atoms with Crippen molar-refractivity contribution in [2.75, 3.05) is 11.9 Å². The fraction of sp³-hybridized carbons (Fsp3) is 0.167. The van der Waals surface area contributed by atoms with Crippen LogP contribution in [-0.2, 0) is 6.54 Å². The highest BCUT2D eigenvalue weighted by molar-refractivity contribution is 7.17. The SMILES string of the molecule is Cc1nc(NCCn2cccn2)c2c(-c3ccccc3)csc2n1. The van der Waals surface area contributed by atoms with Gasteiger partial charge in [-0.05, 0) is 18.6 Å². The second-order valence-electron chi connectivity index (χ2n) is 5.51. The van der Waals surface area contributed by atoms with Gasteiger partial charge >= 0.3 is 0 Å². The Balaban J connectivity index is 1.69. The molecule has 0 bridgehead atoms. The fourth-order valence-corrected chi connectivity index (χ4v) is 3.72. The molecule has 5 nitrogen and oxygen atoms in total. The molecule has 0 saturated carbocycles. The van der Waals surface area contributed by atoms with Crippen LogP contribution >= 0.6 is 11.3 Å². The Bertz CT molecular complexity index is 944. The Morgan fingerprint density at radius 1 is 1.12 bits per heavy atom. The van der Waals surface area contributed by atoms with Gasteiger partial charge in [-0.1, -0.05) is 30.3 Å². The number of hydrogen-bond donors (Lipinski definition) is 1. The number of nitrogens with zero attached hydrogens (tertiary/aromatic N) is 4. The second kappa shape index (κ2) is 6.41. The Hall–Kier alpha value is -2.73. The van der Waals surface area contributed by atoms with E-state index in [-0.39, 0.29) is 0 Å². The van der Waals surface area contributed by atoms with Gasteiger partial charge in [-0.2, -0.15) is 5.10 Å². The van der Waals surface area contributed by atoms with Crippen LogP contribution in [0.4, 0.5) is 5.82 Å². The molecule has 4 rings (SSSR count). The number of aromatic nitrogens is 4. The van der Waals surface area contributed by atoms with Crippen molar-refractivity contribution in [1.29, 1.82) is 0 Å². The maximum absolute atomic E-state index is 4.63. The van der Waals surface area contributed by atoms with E-state index in [4.69, 9.17) is 0 Å². The monoisotopic (exact) mass is 335 g/mol. The van der Waals surface area contributed by atoms with E-state index in [2.05, 4.69) is 50.0 Å². The second-order valence-corrected chi connectivity index (χ2v) is 6.37. The molecule has 120 valence electrons. The van der Waals surface area contributed by atoms with Crippen molar-refractivity contribution in [2.24, 2.45) is 0 Å². The topological polar surface area (TPSA) is 55.6 Å². The zero-order valence-electron chi connectivity index (χ0n) is 13.3. The van der Waals surface area contributed by atoms with Gasteiger partial charge in [-0.3, -0.25) is 4.68 Å². The first-order valence-corrected chi connectivity index (χ1v) is 8.72. The molecule has 0 aliphatic heterocycles. The molecule has 0 spiro atoms. The Morgan fingerprint density at radius 3 is 2.79 bits per heavy atom. The van der Waals surface area contributed by atoms with Crippen molar-refractivity contribution >= 4 is 27.4 Å². The molecule has 0 unspecified atom stereocenters. The smallest absolute Gasteiger partial charge is 0.139 e. The van der Waals surface area contributed by atoms with E-state index in [0.717, 1.165) is 34.9 Å². The lowest BCUT2D eigenvalue weighted by Crippen LogP contribution is -2.12. The number of hydrogen-bond acceptors (Lipinski definition) is 5. The standard InChI is InChI=1S/C18H17N5S/c1-13-21-17(19-9-11-23-10-5-8-20-23)16-15(12-24-18(16)22-13)14-6-3-2-4-7-14/h2-8,10,12H,9,11H2,1H3,(H,19,21,22). The van der Waals surface area contributed by atoms with Crippen LogP contribution < -0.4 is 5.32 Å². The summed E-state index contributed by atoms with van der Waals surface area (Å²) in [5.74, 6) is 1.68. The summed E-state index contributed by atoms with van der Waals surface area (Å²) in [6, 6.07) is 12.3. The van der Waals surface area contributed by atoms with Crippen molar-refractivity contribution in [3.05, 3.63) is 60.0 Å². The average Bonchev–Trinajstić information content (AvgIpc) is 3.25. The first-order valence-electron chi connectivity index (χ1n) is 7.84. The van der Waals surface area contributed by atoms with Crippen molar-refractivity contribution in [3.63, 3.8) is 0 Å². The lowest BCUT2D eigenvalue weighted by atomic mass is 10.1. The minimum absolute atomic E-state index is 0.761. The molecule has 0 aliphatic carbocycles. The molecule has 24 heavy (non-hydrogen) atoms. The van der Waals surface area contributed by atoms with Gasteiger partial charge < -0.3 is 5.32 Å². The molecule has 0 fully saturated rings. The third-order valence-electron chi connectivity index (χ3n) is 3.82. The normalized spacial score (nSPS) is 11.0. The summed E-state index contributed by atoms with van der Waals surface area (Å²) >= 11 is 1.66. The van der Waals surface area contributed by atoms with Crippen LogP contribution in [0.2, 0.25) is 0 Å². The summed E-state index contributed by atoms with van der Waals surface area (Å²) < 4.78 is 1.91. The molecular formula is C18H17N5S. The zero-order valence-corrected chi connectivity index (χ0v) is 14.1. The van der Waals surface area contributed by atoms with Gasteiger partial charge in [0.15, 0.2) is 0 Å². The van der Waals surface area contributed by atoms with E-state index in [1.807, 2.05) is 29.9 Å². The minimum Gasteiger partial charge on any atom is -0.368 e. The van der Waals surface area contributed by atoms with Gasteiger partial charge in [-0.15, -0.1) is 11.3 Å². The van der Waals surface area contributed by atoms with Crippen molar-refractivity contribution < 1.29 is 0 Å². The van der Waals surface area contributed by atoms with Gasteiger partial charge in [0.1, 0.15) is 16.5 Å². The minimum atomic E-state index is 0.761. The number of fused-ring (bicyclic) bond motifs is 1. The highest BCUT2D eigenvalue weighted by atomic mass is 32.1. The fourth-order valence-electron chi connectivity index (χ4n) is 2.73. The number of thiophene rings is 1. The molecule has 0 radical (unpaired) electrons. The van der Waals surface area contributed by atoms with E-state index in [9.17, 15) is 0 Å². The number of anilines is 1. The van der Waals surface area contributed by atoms with Crippen molar-refractivity contribution in [2.45, 2.75) is 13.5 Å². The summed E-state index contributed by atoms with van der Waals surface area (Å²) in [4.78, 5) is 10.2. The Labute approximate surface area is 144 Å². The Morgan fingerprint density at radius 2 is 2.00 bits per heavy atom. The average molecular weight is 335 g/mol. The molecule has 1 aromatic carbocycles. The van der Waals surface area contributed by atoms with Gasteiger partial charge in [0.25, 0.3) is 0 Å². The summed E-state index contributed by atoms with van der Waals surface area (Å²) in [6.07, 6.45) is 3.75. The molecule has 1 N–H and O–H groups in total. The molecule has 6 heteroatoms. The number of rotatable bonds is 5. The highest BCUT2D eigenvalue weighted by Crippen LogP contribution is 2.36. The maximum Gasteiger partial charge on any atom is 0.139 e. The van der Waals surface area contributed by atoms with E-state index >= 15 is 0 Å². The molecule has 0 amide bonds. The lowest BCUT2D eigenvalue weighted by Gasteiger charge is -2.10. The van der Waals surface area contributed by atoms with Crippen LogP contribution in [0.15, 0.2) is 54.2 Å². The summed E-state index contributed by atoms with van der Waals surface area (Å²) in [5.41, 5.74) is 2.36. The number of benzene rings is 1. The molecule has 3 heterocycles. The summed E-state index contributed by atoms with van der Waals surface area (Å²) in [7, 11) is 0. The van der Waals surface area contributed by atoms with Crippen LogP contribution in [0.1, 0.15) is 5.82 Å². The molecule has 0 saturated heterocycles. The van der Waals surface area contributed by atoms with Gasteiger partial charge in [0.2, 0.25) is 0 Å². The van der Waals surface area contributed by atoms with E-state index in [1.165, 1.54) is 11.1 Å². The summed E-state index contributed by atoms with van der Waals surface area (Å²) in [6.45, 7) is 3.49. The molecule has 4 aromatic rings. The Kier molecular flexibility index (Phi) is 3.96. The quantitative estimate of drug-likeness (QED) is 0.599. The predicted molar refractivity (Wildman–Crippen MR) is 98.3 cm³/mol. The third-order valence-corrected chi connectivity index (χ3v) is 4.69.